The summed E-state index contributed by atoms with van der Waals surface area (Å²) in [4.78, 5) is 0. The minimum absolute atomic E-state index is 0.277. The Morgan fingerprint density at radius 1 is 1.29 bits per heavy atom. The maximum Gasteiger partial charge on any atom is 0.0954 e. The summed E-state index contributed by atoms with van der Waals surface area (Å²) in [5.74, 6) is 0.277. The van der Waals surface area contributed by atoms with Crippen molar-refractivity contribution in [1.82, 2.24) is 0 Å². The normalized spacial score (nSPS) is 14.7. The first-order valence-corrected chi connectivity index (χ1v) is 5.83. The summed E-state index contributed by atoms with van der Waals surface area (Å²) in [5.41, 5.74) is 1.11. The summed E-state index contributed by atoms with van der Waals surface area (Å²) >= 11 is 0. The Labute approximate surface area is 103 Å². The first kappa shape index (κ1) is 13.7. The summed E-state index contributed by atoms with van der Waals surface area (Å²) in [6.45, 7) is 6.54. The second-order valence-electron chi connectivity index (χ2n) is 4.05. The standard InChI is InChI=1S/C15H20O2/c1-3-13(2)9-10-15(16)12-17-11-14-7-5-4-6-8-14/h3-10,13,15-16H,1,11-12H2,2H3/b10-9+/t13-,15-/m1/s1. The SMILES string of the molecule is C=C[C@@H](C)/C=C/[C@@H](O)COCc1ccccc1. The first-order valence-electron chi connectivity index (χ1n) is 5.83. The van der Waals surface area contributed by atoms with Crippen LogP contribution >= 0.6 is 0 Å². The third-order valence-electron chi connectivity index (χ3n) is 2.41. The third-order valence-corrected chi connectivity index (χ3v) is 2.41. The maximum absolute atomic E-state index is 9.63. The number of aliphatic hydroxyl groups excluding tert-OH is 1. The molecule has 0 saturated heterocycles. The van der Waals surface area contributed by atoms with Crippen molar-refractivity contribution in [3.8, 4) is 0 Å². The molecule has 2 heteroatoms. The van der Waals surface area contributed by atoms with Gasteiger partial charge in [-0.25, -0.2) is 0 Å². The quantitative estimate of drug-likeness (QED) is 0.732. The lowest BCUT2D eigenvalue weighted by molar-refractivity contribution is 0.0502. The van der Waals surface area contributed by atoms with Crippen molar-refractivity contribution in [2.45, 2.75) is 19.6 Å². The molecule has 92 valence electrons. The minimum Gasteiger partial charge on any atom is -0.387 e. The Morgan fingerprint density at radius 3 is 2.65 bits per heavy atom. The highest BCUT2D eigenvalue weighted by molar-refractivity contribution is 5.13. The fourth-order valence-electron chi connectivity index (χ4n) is 1.31. The number of allylic oxidation sites excluding steroid dienone is 2. The van der Waals surface area contributed by atoms with E-state index in [0.717, 1.165) is 5.56 Å². The van der Waals surface area contributed by atoms with Crippen LogP contribution in [0.2, 0.25) is 0 Å². The number of benzene rings is 1. The molecule has 1 rings (SSSR count). The Balaban J connectivity index is 2.22. The van der Waals surface area contributed by atoms with Gasteiger partial charge in [-0.1, -0.05) is 55.5 Å². The average molecular weight is 232 g/mol. The van der Waals surface area contributed by atoms with Crippen LogP contribution in [-0.2, 0) is 11.3 Å². The Bertz CT molecular complexity index is 343. The van der Waals surface area contributed by atoms with Gasteiger partial charge in [0.1, 0.15) is 0 Å². The zero-order valence-corrected chi connectivity index (χ0v) is 10.3. The fraction of sp³-hybridized carbons (Fsp3) is 0.333. The molecule has 0 saturated carbocycles. The number of aliphatic hydroxyl groups is 1. The summed E-state index contributed by atoms with van der Waals surface area (Å²) in [6, 6.07) is 9.92. The third kappa shape index (κ3) is 6.05. The highest BCUT2D eigenvalue weighted by Crippen LogP contribution is 2.03. The Hall–Kier alpha value is -1.38. The molecule has 0 aliphatic heterocycles. The molecule has 1 aromatic carbocycles. The van der Waals surface area contributed by atoms with Gasteiger partial charge in [-0.2, -0.15) is 0 Å². The zero-order chi connectivity index (χ0) is 12.5. The summed E-state index contributed by atoms with van der Waals surface area (Å²) < 4.78 is 5.42. The van der Waals surface area contributed by atoms with Crippen LogP contribution in [0.3, 0.4) is 0 Å². The molecule has 2 nitrogen and oxygen atoms in total. The van der Waals surface area contributed by atoms with Crippen molar-refractivity contribution in [3.63, 3.8) is 0 Å². The van der Waals surface area contributed by atoms with E-state index in [1.807, 2.05) is 49.4 Å². The second kappa shape index (κ2) is 7.82. The van der Waals surface area contributed by atoms with Crippen molar-refractivity contribution >= 4 is 0 Å². The van der Waals surface area contributed by atoms with Crippen LogP contribution in [0.25, 0.3) is 0 Å². The zero-order valence-electron chi connectivity index (χ0n) is 10.3. The number of ether oxygens (including phenoxy) is 1. The predicted octanol–water partition coefficient (Wildman–Crippen LogP) is 2.94. The molecule has 0 aliphatic rings. The molecule has 0 radical (unpaired) electrons. The molecule has 2 atom stereocenters. The monoisotopic (exact) mass is 232 g/mol. The van der Waals surface area contributed by atoms with Crippen LogP contribution in [0.5, 0.6) is 0 Å². The molecule has 1 N–H and O–H groups in total. The molecule has 1 aromatic rings. The van der Waals surface area contributed by atoms with Gasteiger partial charge in [-0.05, 0) is 11.5 Å². The largest absolute Gasteiger partial charge is 0.387 e. The van der Waals surface area contributed by atoms with Crippen LogP contribution in [0, 0.1) is 5.92 Å². The summed E-state index contributed by atoms with van der Waals surface area (Å²) in [6.07, 6.45) is 4.94. The average Bonchev–Trinajstić information content (AvgIpc) is 2.37. The predicted molar refractivity (Wildman–Crippen MR) is 70.6 cm³/mol. The van der Waals surface area contributed by atoms with E-state index in [2.05, 4.69) is 6.58 Å². The van der Waals surface area contributed by atoms with E-state index in [-0.39, 0.29) is 5.92 Å². The molecule has 0 spiro atoms. The maximum atomic E-state index is 9.63. The number of hydrogen-bond acceptors (Lipinski definition) is 2. The van der Waals surface area contributed by atoms with E-state index in [1.54, 1.807) is 6.08 Å². The van der Waals surface area contributed by atoms with Crippen molar-refractivity contribution in [2.75, 3.05) is 6.61 Å². The first-order chi connectivity index (χ1) is 8.22. The van der Waals surface area contributed by atoms with Crippen molar-refractivity contribution in [1.29, 1.82) is 0 Å². The summed E-state index contributed by atoms with van der Waals surface area (Å²) in [7, 11) is 0. The van der Waals surface area contributed by atoms with E-state index in [9.17, 15) is 5.11 Å². The Kier molecular flexibility index (Phi) is 6.30. The van der Waals surface area contributed by atoms with Gasteiger partial charge >= 0.3 is 0 Å². The van der Waals surface area contributed by atoms with Gasteiger partial charge in [0.15, 0.2) is 0 Å². The minimum atomic E-state index is -0.555. The van der Waals surface area contributed by atoms with E-state index >= 15 is 0 Å². The van der Waals surface area contributed by atoms with Gasteiger partial charge in [0, 0.05) is 0 Å². The van der Waals surface area contributed by atoms with Crippen molar-refractivity contribution in [2.24, 2.45) is 5.92 Å². The van der Waals surface area contributed by atoms with Gasteiger partial charge in [0.2, 0.25) is 0 Å². The highest BCUT2D eigenvalue weighted by Gasteiger charge is 2.00. The molecule has 17 heavy (non-hydrogen) atoms. The molecule has 0 amide bonds. The van der Waals surface area contributed by atoms with Gasteiger partial charge in [0.25, 0.3) is 0 Å². The Morgan fingerprint density at radius 2 is 2.00 bits per heavy atom. The lowest BCUT2D eigenvalue weighted by Crippen LogP contribution is -2.12. The smallest absolute Gasteiger partial charge is 0.0954 e. The van der Waals surface area contributed by atoms with Gasteiger partial charge in [0.05, 0.1) is 19.3 Å². The van der Waals surface area contributed by atoms with Crippen LogP contribution < -0.4 is 0 Å². The molecular weight excluding hydrogens is 212 g/mol. The second-order valence-corrected chi connectivity index (χ2v) is 4.05. The number of rotatable bonds is 7. The molecule has 0 aliphatic carbocycles. The molecule has 0 bridgehead atoms. The van der Waals surface area contributed by atoms with Gasteiger partial charge in [-0.15, -0.1) is 6.58 Å². The van der Waals surface area contributed by atoms with Crippen molar-refractivity contribution in [3.05, 3.63) is 60.7 Å². The number of hydrogen-bond donors (Lipinski definition) is 1. The van der Waals surface area contributed by atoms with E-state index in [1.165, 1.54) is 0 Å². The molecular formula is C15H20O2. The lowest BCUT2D eigenvalue weighted by atomic mass is 10.1. The molecule has 0 aromatic heterocycles. The van der Waals surface area contributed by atoms with Crippen molar-refractivity contribution < 1.29 is 9.84 Å². The molecule has 0 unspecified atom stereocenters. The van der Waals surface area contributed by atoms with E-state index < -0.39 is 6.10 Å². The van der Waals surface area contributed by atoms with E-state index in [4.69, 9.17) is 4.74 Å². The summed E-state index contributed by atoms with van der Waals surface area (Å²) in [5, 5.41) is 9.63. The van der Waals surface area contributed by atoms with Crippen LogP contribution in [0.4, 0.5) is 0 Å². The fourth-order valence-corrected chi connectivity index (χ4v) is 1.31. The van der Waals surface area contributed by atoms with Crippen LogP contribution in [0.15, 0.2) is 55.1 Å². The molecule has 0 fully saturated rings. The van der Waals surface area contributed by atoms with E-state index in [0.29, 0.717) is 13.2 Å². The van der Waals surface area contributed by atoms with Crippen LogP contribution in [-0.4, -0.2) is 17.8 Å². The lowest BCUT2D eigenvalue weighted by Gasteiger charge is -2.08. The van der Waals surface area contributed by atoms with Gasteiger partial charge in [-0.3, -0.25) is 0 Å². The molecule has 0 heterocycles. The topological polar surface area (TPSA) is 29.5 Å². The van der Waals surface area contributed by atoms with Gasteiger partial charge < -0.3 is 9.84 Å². The van der Waals surface area contributed by atoms with Crippen LogP contribution in [0.1, 0.15) is 12.5 Å². The highest BCUT2D eigenvalue weighted by atomic mass is 16.5.